The van der Waals surface area contributed by atoms with Crippen molar-refractivity contribution in [2.45, 2.75) is 6.92 Å². The van der Waals surface area contributed by atoms with E-state index in [0.717, 1.165) is 5.56 Å². The molecule has 4 nitrogen and oxygen atoms in total. The van der Waals surface area contributed by atoms with Crippen LogP contribution in [-0.4, -0.2) is 12.0 Å². The zero-order valence-electron chi connectivity index (χ0n) is 6.55. The minimum atomic E-state index is 0.576. The van der Waals surface area contributed by atoms with Gasteiger partial charge in [0.1, 0.15) is 5.69 Å². The first kappa shape index (κ1) is 7.65. The molecule has 0 radical (unpaired) electrons. The quantitative estimate of drug-likeness (QED) is 0.634. The molecule has 11 heavy (non-hydrogen) atoms. The molecule has 0 saturated carbocycles. The van der Waals surface area contributed by atoms with Gasteiger partial charge in [-0.05, 0) is 18.6 Å². The lowest BCUT2D eigenvalue weighted by Gasteiger charge is -2.01. The molecule has 0 unspecified atom stereocenters. The van der Waals surface area contributed by atoms with Gasteiger partial charge >= 0.3 is 0 Å². The maximum atomic E-state index is 6.83. The van der Waals surface area contributed by atoms with Crippen molar-refractivity contribution >= 4 is 11.5 Å². The number of anilines is 1. The summed E-state index contributed by atoms with van der Waals surface area (Å²) in [6.07, 6.45) is 1.74. The second-order valence-corrected chi connectivity index (χ2v) is 2.24. The molecule has 2 N–H and O–H groups in total. The van der Waals surface area contributed by atoms with Crippen molar-refractivity contribution in [3.8, 4) is 0 Å². The lowest BCUT2D eigenvalue weighted by atomic mass is 10.3. The lowest BCUT2D eigenvalue weighted by molar-refractivity contribution is 1.12. The first-order valence-electron chi connectivity index (χ1n) is 3.30. The molecule has 0 bridgehead atoms. The predicted molar refractivity (Wildman–Crippen MR) is 43.3 cm³/mol. The maximum Gasteiger partial charge on any atom is 0.153 e. The number of hydrogen-bond donors (Lipinski definition) is 2. The van der Waals surface area contributed by atoms with Crippen molar-refractivity contribution in [3.63, 3.8) is 0 Å². The largest absolute Gasteiger partial charge is 0.371 e. The Hall–Kier alpha value is -1.45. The molecule has 58 valence electrons. The summed E-state index contributed by atoms with van der Waals surface area (Å²) in [5.41, 5.74) is 8.42. The molecule has 4 heteroatoms. The van der Waals surface area contributed by atoms with Crippen LogP contribution in [0.1, 0.15) is 5.56 Å². The molecule has 0 spiro atoms. The summed E-state index contributed by atoms with van der Waals surface area (Å²) >= 11 is 0. The van der Waals surface area contributed by atoms with Crippen molar-refractivity contribution < 1.29 is 0 Å². The summed E-state index contributed by atoms with van der Waals surface area (Å²) in [4.78, 5) is 4.04. The van der Waals surface area contributed by atoms with Crippen LogP contribution in [0.25, 0.3) is 0 Å². The van der Waals surface area contributed by atoms with Gasteiger partial charge in [-0.3, -0.25) is 0 Å². The number of rotatable bonds is 2. The predicted octanol–water partition coefficient (Wildman–Crippen LogP) is 2.09. The fourth-order valence-corrected chi connectivity index (χ4v) is 0.832. The summed E-state index contributed by atoms with van der Waals surface area (Å²) in [6, 6.07) is 1.81. The van der Waals surface area contributed by atoms with E-state index in [1.54, 1.807) is 13.2 Å². The molecular weight excluding hydrogens is 140 g/mol. The molecule has 0 aromatic carbocycles. The summed E-state index contributed by atoms with van der Waals surface area (Å²) in [6.45, 7) is 1.92. The molecule has 1 aromatic heterocycles. The van der Waals surface area contributed by atoms with E-state index in [9.17, 15) is 0 Å². The van der Waals surface area contributed by atoms with Crippen LogP contribution >= 0.6 is 0 Å². The zero-order chi connectivity index (χ0) is 8.27. The van der Waals surface area contributed by atoms with Crippen LogP contribution < -0.4 is 5.32 Å². The van der Waals surface area contributed by atoms with Gasteiger partial charge in [-0.25, -0.2) is 10.5 Å². The van der Waals surface area contributed by atoms with E-state index in [4.69, 9.17) is 5.53 Å². The van der Waals surface area contributed by atoms with Crippen molar-refractivity contribution in [2.75, 3.05) is 12.4 Å². The van der Waals surface area contributed by atoms with Crippen molar-refractivity contribution in [3.05, 3.63) is 17.8 Å². The number of aryl methyl sites for hydroxylation is 1. The van der Waals surface area contributed by atoms with Gasteiger partial charge in [0.2, 0.25) is 0 Å². The monoisotopic (exact) mass is 150 g/mol. The molecule has 0 aliphatic carbocycles. The van der Waals surface area contributed by atoms with Crippen molar-refractivity contribution in [1.29, 1.82) is 5.53 Å². The molecule has 1 rings (SSSR count). The molecule has 0 atom stereocenters. The Bertz CT molecular complexity index is 269. The summed E-state index contributed by atoms with van der Waals surface area (Å²) in [5.74, 6) is 0.644. The van der Waals surface area contributed by atoms with Gasteiger partial charge in [-0.1, -0.05) is 0 Å². The molecule has 0 amide bonds. The maximum absolute atomic E-state index is 6.83. The summed E-state index contributed by atoms with van der Waals surface area (Å²) < 4.78 is 0. The molecule has 1 aromatic rings. The Morgan fingerprint density at radius 3 is 2.91 bits per heavy atom. The molecule has 0 fully saturated rings. The topological polar surface area (TPSA) is 61.1 Å². The van der Waals surface area contributed by atoms with E-state index >= 15 is 0 Å². The standard InChI is InChI=1S/C7H10N4/c1-5-3-6(11-8)7(9-2)10-4-5/h3-4,8H,1-2H3,(H,9,10). The molecule has 0 saturated heterocycles. The number of nitrogens with zero attached hydrogens (tertiary/aromatic N) is 2. The Balaban J connectivity index is 3.16. The zero-order valence-corrected chi connectivity index (χ0v) is 6.55. The number of aromatic nitrogens is 1. The first-order chi connectivity index (χ1) is 5.27. The second-order valence-electron chi connectivity index (χ2n) is 2.24. The Morgan fingerprint density at radius 2 is 2.36 bits per heavy atom. The van der Waals surface area contributed by atoms with Gasteiger partial charge in [0.15, 0.2) is 5.82 Å². The molecule has 0 aliphatic heterocycles. The van der Waals surface area contributed by atoms with Crippen molar-refractivity contribution in [1.82, 2.24) is 4.98 Å². The average molecular weight is 150 g/mol. The minimum absolute atomic E-state index is 0.576. The normalized spacial score (nSPS) is 9.27. The Kier molecular flexibility index (Phi) is 2.15. The Labute approximate surface area is 65.2 Å². The number of nitrogens with one attached hydrogen (secondary N) is 2. The van der Waals surface area contributed by atoms with E-state index in [0.29, 0.717) is 11.5 Å². The average Bonchev–Trinajstić information content (AvgIpc) is 2.04. The van der Waals surface area contributed by atoms with Crippen LogP contribution in [0.2, 0.25) is 0 Å². The molecular formula is C7H10N4. The van der Waals surface area contributed by atoms with Gasteiger partial charge < -0.3 is 5.32 Å². The fourth-order valence-electron chi connectivity index (χ4n) is 0.832. The third-order valence-corrected chi connectivity index (χ3v) is 1.36. The van der Waals surface area contributed by atoms with Gasteiger partial charge in [0.05, 0.1) is 0 Å². The number of hydrogen-bond acceptors (Lipinski definition) is 4. The minimum Gasteiger partial charge on any atom is -0.371 e. The van der Waals surface area contributed by atoms with Crippen LogP contribution in [0.15, 0.2) is 17.4 Å². The van der Waals surface area contributed by atoms with Crippen LogP contribution in [0.4, 0.5) is 11.5 Å². The van der Waals surface area contributed by atoms with E-state index in [-0.39, 0.29) is 0 Å². The van der Waals surface area contributed by atoms with Gasteiger partial charge in [0, 0.05) is 13.2 Å². The SMILES string of the molecule is CNc1ncc(C)cc1N=N. The van der Waals surface area contributed by atoms with Gasteiger partial charge in [-0.2, -0.15) is 5.11 Å². The highest BCUT2D eigenvalue weighted by Crippen LogP contribution is 2.21. The summed E-state index contributed by atoms with van der Waals surface area (Å²) in [7, 11) is 1.76. The van der Waals surface area contributed by atoms with Crippen LogP contribution in [0.5, 0.6) is 0 Å². The van der Waals surface area contributed by atoms with E-state index in [2.05, 4.69) is 15.4 Å². The summed E-state index contributed by atoms with van der Waals surface area (Å²) in [5, 5.41) is 6.18. The van der Waals surface area contributed by atoms with Gasteiger partial charge in [-0.15, -0.1) is 0 Å². The fraction of sp³-hybridized carbons (Fsp3) is 0.286. The second kappa shape index (κ2) is 3.09. The molecule has 1 heterocycles. The number of pyridine rings is 1. The third kappa shape index (κ3) is 1.52. The smallest absolute Gasteiger partial charge is 0.153 e. The van der Waals surface area contributed by atoms with E-state index in [1.807, 2.05) is 13.0 Å². The van der Waals surface area contributed by atoms with Crippen LogP contribution in [0.3, 0.4) is 0 Å². The van der Waals surface area contributed by atoms with Crippen LogP contribution in [0, 0.1) is 12.5 Å². The van der Waals surface area contributed by atoms with E-state index in [1.165, 1.54) is 0 Å². The molecule has 0 aliphatic rings. The van der Waals surface area contributed by atoms with E-state index < -0.39 is 0 Å². The highest BCUT2D eigenvalue weighted by Gasteiger charge is 1.99. The first-order valence-corrected chi connectivity index (χ1v) is 3.30. The Morgan fingerprint density at radius 1 is 1.64 bits per heavy atom. The van der Waals surface area contributed by atoms with Gasteiger partial charge in [0.25, 0.3) is 0 Å². The van der Waals surface area contributed by atoms with Crippen LogP contribution in [-0.2, 0) is 0 Å². The third-order valence-electron chi connectivity index (χ3n) is 1.36. The lowest BCUT2D eigenvalue weighted by Crippen LogP contribution is -1.92. The highest BCUT2D eigenvalue weighted by atomic mass is 15.0. The highest BCUT2D eigenvalue weighted by molar-refractivity contribution is 5.59. The van der Waals surface area contributed by atoms with Crippen molar-refractivity contribution in [2.24, 2.45) is 5.11 Å².